The number of unbranched alkanes of at least 4 members (excludes halogenated alkanes) is 1. The summed E-state index contributed by atoms with van der Waals surface area (Å²) < 4.78 is 11.2. The van der Waals surface area contributed by atoms with Gasteiger partial charge in [0.15, 0.2) is 0 Å². The van der Waals surface area contributed by atoms with E-state index in [2.05, 4.69) is 62.9 Å². The Labute approximate surface area is 356 Å². The molecule has 3 amide bonds. The van der Waals surface area contributed by atoms with Gasteiger partial charge in [0, 0.05) is 82.6 Å². The molecule has 0 spiro atoms. The Bertz CT molecular complexity index is 2360. The fourth-order valence-electron chi connectivity index (χ4n) is 8.53. The van der Waals surface area contributed by atoms with Gasteiger partial charge in [-0.25, -0.2) is 9.78 Å². The first-order valence-corrected chi connectivity index (χ1v) is 22.1. The minimum atomic E-state index is -0.703. The third kappa shape index (κ3) is 10.6. The first-order chi connectivity index (χ1) is 29.6. The van der Waals surface area contributed by atoms with Crippen molar-refractivity contribution in [1.82, 2.24) is 39.2 Å². The summed E-state index contributed by atoms with van der Waals surface area (Å²) in [6, 6.07) is 14.0. The number of amides is 3. The standard InChI is InChI=1S/C46H61N9O6/c1-4-5-23-48-45-49-29-36-37(30-54(43(36)51-45)34-15-17-35(56)18-16-34)33-13-10-32(11-14-33)28-47-22-6-9-42(58)52(2)24-26-61-25-7-8-31-12-19-38-40(27-31)53(3)46(60)55(38)39-20-21-41(57)50-44(39)59/h10-14,19,27,29-30,34-35,39,47,56H,4-9,15-18,20-26,28H2,1-3H3,(H,48,49,51)(H,50,57,59)/t34?,35?,39-/m0/s1. The van der Waals surface area contributed by atoms with E-state index in [1.807, 2.05) is 31.4 Å². The Morgan fingerprint density at radius 3 is 2.52 bits per heavy atom. The zero-order valence-electron chi connectivity index (χ0n) is 35.8. The molecule has 7 rings (SSSR count). The zero-order valence-corrected chi connectivity index (χ0v) is 35.8. The number of aliphatic hydroxyl groups excluding tert-OH is 1. The maximum atomic E-state index is 13.0. The molecule has 1 aliphatic carbocycles. The number of imide groups is 1. The highest BCUT2D eigenvalue weighted by atomic mass is 16.5. The number of aryl methyl sites for hydroxylation is 2. The molecular weight excluding hydrogens is 775 g/mol. The predicted octanol–water partition coefficient (Wildman–Crippen LogP) is 5.40. The van der Waals surface area contributed by atoms with Crippen LogP contribution in [0.15, 0.2) is 59.7 Å². The van der Waals surface area contributed by atoms with Crippen molar-refractivity contribution in [2.45, 2.75) is 109 Å². The Kier molecular flexibility index (Phi) is 14.7. The average molecular weight is 836 g/mol. The van der Waals surface area contributed by atoms with E-state index in [0.29, 0.717) is 56.7 Å². The van der Waals surface area contributed by atoms with Crippen molar-refractivity contribution in [3.05, 3.63) is 76.5 Å². The zero-order chi connectivity index (χ0) is 42.9. The third-order valence-corrected chi connectivity index (χ3v) is 12.2. The average Bonchev–Trinajstić information content (AvgIpc) is 3.75. The second-order valence-electron chi connectivity index (χ2n) is 16.6. The van der Waals surface area contributed by atoms with Crippen LogP contribution >= 0.6 is 0 Å². The number of hydrogen-bond donors (Lipinski definition) is 4. The number of anilines is 1. The Morgan fingerprint density at radius 1 is 0.967 bits per heavy atom. The quantitative estimate of drug-likeness (QED) is 0.0587. The topological polar surface area (TPSA) is 178 Å². The van der Waals surface area contributed by atoms with Crippen LogP contribution in [0.1, 0.15) is 101 Å². The van der Waals surface area contributed by atoms with Crippen molar-refractivity contribution in [3.8, 4) is 11.1 Å². The molecule has 15 heteroatoms. The van der Waals surface area contributed by atoms with Crippen molar-refractivity contribution < 1.29 is 24.2 Å². The molecule has 2 aliphatic rings. The summed E-state index contributed by atoms with van der Waals surface area (Å²) in [7, 11) is 3.51. The molecule has 15 nitrogen and oxygen atoms in total. The molecule has 326 valence electrons. The number of nitrogens with one attached hydrogen (secondary N) is 3. The van der Waals surface area contributed by atoms with Gasteiger partial charge in [-0.3, -0.25) is 28.8 Å². The Hall–Kier alpha value is -5.38. The molecule has 5 aromatic rings. The second-order valence-corrected chi connectivity index (χ2v) is 16.6. The summed E-state index contributed by atoms with van der Waals surface area (Å²) in [6.45, 7) is 5.97. The normalized spacial score (nSPS) is 18.2. The molecule has 61 heavy (non-hydrogen) atoms. The van der Waals surface area contributed by atoms with Crippen molar-refractivity contribution in [3.63, 3.8) is 0 Å². The van der Waals surface area contributed by atoms with Crippen LogP contribution < -0.4 is 21.6 Å². The number of nitrogens with zero attached hydrogens (tertiary/aromatic N) is 6. The largest absolute Gasteiger partial charge is 0.393 e. The van der Waals surface area contributed by atoms with Gasteiger partial charge in [0.25, 0.3) is 0 Å². The van der Waals surface area contributed by atoms with Crippen LogP contribution in [0.5, 0.6) is 0 Å². The Morgan fingerprint density at radius 2 is 1.75 bits per heavy atom. The number of likely N-dealkylation sites (N-methyl/N-ethyl adjacent to an activating group) is 1. The number of carbonyl (C=O) groups is 3. The number of hydrogen-bond acceptors (Lipinski definition) is 10. The molecule has 1 aliphatic heterocycles. The molecule has 0 bridgehead atoms. The maximum absolute atomic E-state index is 13.0. The molecule has 3 aromatic heterocycles. The lowest BCUT2D eigenvalue weighted by atomic mass is 9.93. The minimum Gasteiger partial charge on any atom is -0.393 e. The van der Waals surface area contributed by atoms with Gasteiger partial charge in [0.1, 0.15) is 11.7 Å². The van der Waals surface area contributed by atoms with Crippen LogP contribution in [0.3, 0.4) is 0 Å². The van der Waals surface area contributed by atoms with Gasteiger partial charge in [-0.05, 0) is 93.2 Å². The number of imidazole rings is 1. The first kappa shape index (κ1) is 43.7. The number of carbonyl (C=O) groups excluding carboxylic acids is 3. The summed E-state index contributed by atoms with van der Waals surface area (Å²) in [4.78, 5) is 61.3. The lowest BCUT2D eigenvalue weighted by Gasteiger charge is -2.27. The SMILES string of the molecule is CCCCNc1ncc2c(-c3ccc(CNCCCC(=O)N(C)CCOCCCc4ccc5c(c4)n(C)c(=O)n5[C@H]4CCC(=O)NC4=O)cc3)cn(C3CCC(O)CC3)c2n1. The van der Waals surface area contributed by atoms with E-state index in [0.717, 1.165) is 104 Å². The molecule has 2 fully saturated rings. The number of aliphatic hydroxyl groups is 1. The lowest BCUT2D eigenvalue weighted by molar-refractivity contribution is -0.135. The van der Waals surface area contributed by atoms with E-state index in [4.69, 9.17) is 9.72 Å². The van der Waals surface area contributed by atoms with Crippen molar-refractivity contribution in [2.24, 2.45) is 7.05 Å². The van der Waals surface area contributed by atoms with Crippen molar-refractivity contribution in [2.75, 3.05) is 45.2 Å². The molecule has 4 N–H and O–H groups in total. The Balaban J connectivity index is 0.809. The van der Waals surface area contributed by atoms with Gasteiger partial charge < -0.3 is 29.9 Å². The number of rotatable bonds is 20. The fourth-order valence-corrected chi connectivity index (χ4v) is 8.53. The summed E-state index contributed by atoms with van der Waals surface area (Å²) in [6.07, 6.45) is 12.8. The fraction of sp³-hybridized carbons (Fsp3) is 0.522. The van der Waals surface area contributed by atoms with Crippen LogP contribution in [-0.4, -0.2) is 97.4 Å². The molecular formula is C46H61N9O6. The van der Waals surface area contributed by atoms with E-state index in [-0.39, 0.29) is 30.0 Å². The molecule has 1 saturated carbocycles. The van der Waals surface area contributed by atoms with Gasteiger partial charge >= 0.3 is 5.69 Å². The molecule has 2 aromatic carbocycles. The summed E-state index contributed by atoms with van der Waals surface area (Å²) in [5.74, 6) is -0.00854. The second kappa shape index (κ2) is 20.5. The molecule has 1 atom stereocenters. The summed E-state index contributed by atoms with van der Waals surface area (Å²) in [5, 5.41) is 20.4. The number of ether oxygens (including phenoxy) is 1. The van der Waals surface area contributed by atoms with Crippen molar-refractivity contribution >= 4 is 45.7 Å². The number of fused-ring (bicyclic) bond motifs is 2. The van der Waals surface area contributed by atoms with E-state index >= 15 is 0 Å². The highest BCUT2D eigenvalue weighted by molar-refractivity contribution is 6.00. The van der Waals surface area contributed by atoms with Gasteiger partial charge in [0.05, 0.1) is 23.7 Å². The van der Waals surface area contributed by atoms with Crippen LogP contribution in [0.2, 0.25) is 0 Å². The highest BCUT2D eigenvalue weighted by Gasteiger charge is 2.31. The van der Waals surface area contributed by atoms with E-state index in [1.165, 1.54) is 10.1 Å². The summed E-state index contributed by atoms with van der Waals surface area (Å²) >= 11 is 0. The highest BCUT2D eigenvalue weighted by Crippen LogP contribution is 2.37. The first-order valence-electron chi connectivity index (χ1n) is 22.1. The summed E-state index contributed by atoms with van der Waals surface area (Å²) in [5.41, 5.74) is 6.52. The number of benzene rings is 2. The van der Waals surface area contributed by atoms with Gasteiger partial charge in [-0.15, -0.1) is 0 Å². The molecule has 4 heterocycles. The smallest absolute Gasteiger partial charge is 0.329 e. The van der Waals surface area contributed by atoms with Crippen LogP contribution in [0.4, 0.5) is 5.95 Å². The van der Waals surface area contributed by atoms with E-state index in [9.17, 15) is 24.3 Å². The molecule has 0 radical (unpaired) electrons. The van der Waals surface area contributed by atoms with Gasteiger partial charge in [0.2, 0.25) is 23.7 Å². The lowest BCUT2D eigenvalue weighted by Crippen LogP contribution is -2.44. The van der Waals surface area contributed by atoms with Gasteiger partial charge in [-0.2, -0.15) is 4.98 Å². The monoisotopic (exact) mass is 835 g/mol. The van der Waals surface area contributed by atoms with Crippen LogP contribution in [0.25, 0.3) is 33.2 Å². The predicted molar refractivity (Wildman–Crippen MR) is 236 cm³/mol. The number of piperidine rings is 1. The van der Waals surface area contributed by atoms with Crippen LogP contribution in [-0.2, 0) is 39.1 Å². The van der Waals surface area contributed by atoms with Gasteiger partial charge in [-0.1, -0.05) is 43.7 Å². The van der Waals surface area contributed by atoms with E-state index < -0.39 is 11.9 Å². The number of aromatic nitrogens is 5. The van der Waals surface area contributed by atoms with Crippen molar-refractivity contribution in [1.29, 1.82) is 0 Å². The van der Waals surface area contributed by atoms with E-state index in [1.54, 1.807) is 16.5 Å². The third-order valence-electron chi connectivity index (χ3n) is 12.2. The van der Waals surface area contributed by atoms with Crippen LogP contribution in [0, 0.1) is 0 Å². The molecule has 0 unspecified atom stereocenters. The minimum absolute atomic E-state index is 0.0920. The maximum Gasteiger partial charge on any atom is 0.329 e. The molecule has 1 saturated heterocycles.